The molecule has 1 heterocycles. The SMILES string of the molecule is CCOC(=O)/C(=C/C(C)C)[C@H]1C=C[C@@H](C(=O)OC)O1. The van der Waals surface area contributed by atoms with Gasteiger partial charge in [0.25, 0.3) is 0 Å². The van der Waals surface area contributed by atoms with Gasteiger partial charge in [0.1, 0.15) is 6.10 Å². The monoisotopic (exact) mass is 268 g/mol. The smallest absolute Gasteiger partial charge is 0.339 e. The Labute approximate surface area is 113 Å². The molecule has 0 bridgehead atoms. The normalized spacial score (nSPS) is 22.7. The molecule has 0 aromatic rings. The molecule has 0 radical (unpaired) electrons. The number of carbonyl (C=O) groups excluding carboxylic acids is 2. The first-order valence-corrected chi connectivity index (χ1v) is 6.30. The molecular weight excluding hydrogens is 248 g/mol. The van der Waals surface area contributed by atoms with E-state index in [1.165, 1.54) is 7.11 Å². The molecule has 0 unspecified atom stereocenters. The number of allylic oxidation sites excluding steroid dienone is 1. The zero-order valence-electron chi connectivity index (χ0n) is 11.7. The second kappa shape index (κ2) is 7.09. The first kappa shape index (κ1) is 15.4. The fourth-order valence-corrected chi connectivity index (χ4v) is 1.73. The Morgan fingerprint density at radius 1 is 1.32 bits per heavy atom. The summed E-state index contributed by atoms with van der Waals surface area (Å²) in [5, 5.41) is 0. The lowest BCUT2D eigenvalue weighted by Crippen LogP contribution is -2.27. The second-order valence-corrected chi connectivity index (χ2v) is 4.47. The average Bonchev–Trinajstić information content (AvgIpc) is 2.84. The van der Waals surface area contributed by atoms with E-state index in [9.17, 15) is 9.59 Å². The molecule has 1 rings (SSSR count). The van der Waals surface area contributed by atoms with Crippen molar-refractivity contribution in [2.45, 2.75) is 33.0 Å². The summed E-state index contributed by atoms with van der Waals surface area (Å²) >= 11 is 0. The Morgan fingerprint density at radius 2 is 1.95 bits per heavy atom. The van der Waals surface area contributed by atoms with Crippen LogP contribution in [-0.4, -0.2) is 37.9 Å². The minimum atomic E-state index is -0.764. The minimum absolute atomic E-state index is 0.175. The van der Waals surface area contributed by atoms with E-state index in [1.807, 2.05) is 13.8 Å². The second-order valence-electron chi connectivity index (χ2n) is 4.47. The first-order chi connectivity index (χ1) is 8.99. The van der Waals surface area contributed by atoms with Crippen LogP contribution < -0.4 is 0 Å². The maximum atomic E-state index is 11.9. The van der Waals surface area contributed by atoms with Gasteiger partial charge < -0.3 is 14.2 Å². The molecule has 19 heavy (non-hydrogen) atoms. The largest absolute Gasteiger partial charge is 0.467 e. The third-order valence-corrected chi connectivity index (χ3v) is 2.52. The van der Waals surface area contributed by atoms with Crippen molar-refractivity contribution < 1.29 is 23.8 Å². The molecule has 0 N–H and O–H groups in total. The highest BCUT2D eigenvalue weighted by atomic mass is 16.6. The Bertz CT molecular complexity index is 395. The van der Waals surface area contributed by atoms with E-state index in [0.29, 0.717) is 12.2 Å². The van der Waals surface area contributed by atoms with Crippen LogP contribution in [0, 0.1) is 5.92 Å². The Balaban J connectivity index is 2.82. The third-order valence-electron chi connectivity index (χ3n) is 2.52. The summed E-state index contributed by atoms with van der Waals surface area (Å²) < 4.78 is 15.1. The van der Waals surface area contributed by atoms with Gasteiger partial charge in [0.05, 0.1) is 19.3 Å². The summed E-state index contributed by atoms with van der Waals surface area (Å²) in [6, 6.07) is 0. The van der Waals surface area contributed by atoms with E-state index in [4.69, 9.17) is 9.47 Å². The first-order valence-electron chi connectivity index (χ1n) is 6.30. The Hall–Kier alpha value is -1.62. The van der Waals surface area contributed by atoms with Crippen LogP contribution in [0.25, 0.3) is 0 Å². The van der Waals surface area contributed by atoms with Crippen molar-refractivity contribution >= 4 is 11.9 Å². The minimum Gasteiger partial charge on any atom is -0.467 e. The molecular formula is C14H20O5. The number of rotatable bonds is 5. The van der Waals surface area contributed by atoms with Crippen molar-refractivity contribution in [3.8, 4) is 0 Å². The number of hydrogen-bond donors (Lipinski definition) is 0. The molecule has 5 nitrogen and oxygen atoms in total. The number of hydrogen-bond acceptors (Lipinski definition) is 5. The van der Waals surface area contributed by atoms with Gasteiger partial charge in [0.15, 0.2) is 6.10 Å². The van der Waals surface area contributed by atoms with E-state index in [0.717, 1.165) is 0 Å². The lowest BCUT2D eigenvalue weighted by atomic mass is 10.0. The summed E-state index contributed by atoms with van der Waals surface area (Å²) in [4.78, 5) is 23.3. The third kappa shape index (κ3) is 4.21. The van der Waals surface area contributed by atoms with Crippen LogP contribution in [0.3, 0.4) is 0 Å². The van der Waals surface area contributed by atoms with Gasteiger partial charge >= 0.3 is 11.9 Å². The molecule has 0 aromatic carbocycles. The van der Waals surface area contributed by atoms with Gasteiger partial charge in [-0.05, 0) is 18.9 Å². The molecule has 0 aromatic heterocycles. The van der Waals surface area contributed by atoms with Gasteiger partial charge in [-0.1, -0.05) is 26.0 Å². The zero-order chi connectivity index (χ0) is 14.4. The van der Waals surface area contributed by atoms with Crippen molar-refractivity contribution in [2.75, 3.05) is 13.7 Å². The number of carbonyl (C=O) groups is 2. The van der Waals surface area contributed by atoms with Crippen molar-refractivity contribution in [1.29, 1.82) is 0 Å². The molecule has 0 saturated heterocycles. The fourth-order valence-electron chi connectivity index (χ4n) is 1.73. The summed E-state index contributed by atoms with van der Waals surface area (Å²) in [5.41, 5.74) is 0.416. The van der Waals surface area contributed by atoms with E-state index < -0.39 is 24.1 Å². The molecule has 5 heteroatoms. The average molecular weight is 268 g/mol. The van der Waals surface area contributed by atoms with E-state index >= 15 is 0 Å². The highest BCUT2D eigenvalue weighted by Crippen LogP contribution is 2.22. The lowest BCUT2D eigenvalue weighted by molar-refractivity contribution is -0.152. The summed E-state index contributed by atoms with van der Waals surface area (Å²) in [6.07, 6.45) is 3.72. The van der Waals surface area contributed by atoms with Gasteiger partial charge in [-0.3, -0.25) is 0 Å². The number of methoxy groups -OCH3 is 1. The van der Waals surface area contributed by atoms with Crippen LogP contribution in [0.1, 0.15) is 20.8 Å². The van der Waals surface area contributed by atoms with Gasteiger partial charge in [-0.2, -0.15) is 0 Å². The van der Waals surface area contributed by atoms with Crippen LogP contribution in [-0.2, 0) is 23.8 Å². The van der Waals surface area contributed by atoms with Gasteiger partial charge in [0, 0.05) is 0 Å². The van der Waals surface area contributed by atoms with E-state index in [1.54, 1.807) is 25.2 Å². The maximum Gasteiger partial charge on any atom is 0.339 e. The van der Waals surface area contributed by atoms with Crippen LogP contribution in [0.15, 0.2) is 23.8 Å². The van der Waals surface area contributed by atoms with Crippen molar-refractivity contribution in [2.24, 2.45) is 5.92 Å². The Morgan fingerprint density at radius 3 is 2.47 bits per heavy atom. The molecule has 1 aliphatic rings. The number of ether oxygens (including phenoxy) is 3. The predicted molar refractivity (Wildman–Crippen MR) is 69.4 cm³/mol. The fraction of sp³-hybridized carbons (Fsp3) is 0.571. The van der Waals surface area contributed by atoms with Crippen LogP contribution in [0.5, 0.6) is 0 Å². The summed E-state index contributed by atoms with van der Waals surface area (Å²) in [6.45, 7) is 5.95. The van der Waals surface area contributed by atoms with Crippen LogP contribution in [0.4, 0.5) is 0 Å². The van der Waals surface area contributed by atoms with Gasteiger partial charge in [-0.25, -0.2) is 9.59 Å². The molecule has 0 saturated carbocycles. The molecule has 0 spiro atoms. The lowest BCUT2D eigenvalue weighted by Gasteiger charge is -2.16. The predicted octanol–water partition coefficient (Wildman–Crippen LogP) is 1.63. The van der Waals surface area contributed by atoms with E-state index in [-0.39, 0.29) is 5.92 Å². The molecule has 0 aliphatic carbocycles. The van der Waals surface area contributed by atoms with Crippen molar-refractivity contribution in [3.05, 3.63) is 23.8 Å². The van der Waals surface area contributed by atoms with Crippen molar-refractivity contribution in [3.63, 3.8) is 0 Å². The highest BCUT2D eigenvalue weighted by Gasteiger charge is 2.31. The summed E-state index contributed by atoms with van der Waals surface area (Å²) in [7, 11) is 1.29. The molecule has 106 valence electrons. The summed E-state index contributed by atoms with van der Waals surface area (Å²) in [5.74, 6) is -0.726. The topological polar surface area (TPSA) is 61.8 Å². The quantitative estimate of drug-likeness (QED) is 0.431. The standard InChI is InChI=1S/C14H20O5/c1-5-18-13(15)10(8-9(2)3)11-6-7-12(19-11)14(16)17-4/h6-9,11-12H,5H2,1-4H3/b10-8+/t11-,12+/m1/s1. The van der Waals surface area contributed by atoms with E-state index in [2.05, 4.69) is 4.74 Å². The van der Waals surface area contributed by atoms with Crippen molar-refractivity contribution in [1.82, 2.24) is 0 Å². The van der Waals surface area contributed by atoms with Crippen LogP contribution >= 0.6 is 0 Å². The molecule has 2 atom stereocenters. The highest BCUT2D eigenvalue weighted by molar-refractivity contribution is 5.90. The van der Waals surface area contributed by atoms with Gasteiger partial charge in [0.2, 0.25) is 0 Å². The zero-order valence-corrected chi connectivity index (χ0v) is 11.7. The van der Waals surface area contributed by atoms with Crippen LogP contribution in [0.2, 0.25) is 0 Å². The maximum absolute atomic E-state index is 11.9. The van der Waals surface area contributed by atoms with Gasteiger partial charge in [-0.15, -0.1) is 0 Å². The Kier molecular flexibility index (Phi) is 5.76. The molecule has 1 aliphatic heterocycles. The molecule has 0 amide bonds. The molecule has 0 fully saturated rings. The number of esters is 2.